The summed E-state index contributed by atoms with van der Waals surface area (Å²) in [6, 6.07) is 4.32. The summed E-state index contributed by atoms with van der Waals surface area (Å²) >= 11 is 0. The molecule has 0 aliphatic heterocycles. The van der Waals surface area contributed by atoms with Gasteiger partial charge in [0.15, 0.2) is 11.4 Å². The largest absolute Gasteiger partial charge is 0.508 e. The number of aromatic hydroxyl groups is 1. The van der Waals surface area contributed by atoms with Crippen molar-refractivity contribution in [3.63, 3.8) is 0 Å². The number of carbonyl (C=O) groups excluding carboxylic acids is 3. The van der Waals surface area contributed by atoms with Crippen LogP contribution in [0.15, 0.2) is 47.5 Å². The third-order valence-electron chi connectivity index (χ3n) is 8.78. The summed E-state index contributed by atoms with van der Waals surface area (Å²) in [5.74, 6) is -5.99. The molecule has 5 rings (SSSR count). The first-order valence-corrected chi connectivity index (χ1v) is 14.0. The minimum absolute atomic E-state index is 0.0566. The number of Topliss-reactive ketones (excluding diaryl/α,β-unsaturated/α-hetero) is 2. The van der Waals surface area contributed by atoms with Crippen molar-refractivity contribution in [2.24, 2.45) is 11.8 Å². The van der Waals surface area contributed by atoms with Gasteiger partial charge in [-0.2, -0.15) is 0 Å². The van der Waals surface area contributed by atoms with Crippen LogP contribution < -0.4 is 10.2 Å². The van der Waals surface area contributed by atoms with E-state index in [2.05, 4.69) is 10.3 Å². The van der Waals surface area contributed by atoms with E-state index < -0.39 is 58.0 Å². The van der Waals surface area contributed by atoms with Gasteiger partial charge in [-0.05, 0) is 56.6 Å². The zero-order chi connectivity index (χ0) is 31.5. The van der Waals surface area contributed by atoms with Crippen molar-refractivity contribution >= 4 is 34.6 Å². The molecule has 2 aromatic rings. The van der Waals surface area contributed by atoms with Gasteiger partial charge in [-0.1, -0.05) is 0 Å². The highest BCUT2D eigenvalue weighted by Gasteiger charge is 2.64. The molecule has 4 atom stereocenters. The van der Waals surface area contributed by atoms with E-state index in [0.29, 0.717) is 11.1 Å². The fourth-order valence-electron chi connectivity index (χ4n) is 6.74. The number of carbonyl (C=O) groups is 3. The molecule has 1 aromatic heterocycles. The van der Waals surface area contributed by atoms with Crippen molar-refractivity contribution in [3.05, 3.63) is 64.2 Å². The number of hydrogen-bond donors (Lipinski definition) is 5. The van der Waals surface area contributed by atoms with Gasteiger partial charge in [-0.3, -0.25) is 24.3 Å². The van der Waals surface area contributed by atoms with E-state index in [1.807, 2.05) is 31.1 Å². The maximum atomic E-state index is 14.3. The number of phenols is 1. The van der Waals surface area contributed by atoms with Crippen molar-refractivity contribution in [2.45, 2.75) is 31.0 Å². The zero-order valence-electron chi connectivity index (χ0n) is 25.0. The van der Waals surface area contributed by atoms with Gasteiger partial charge in [0.05, 0.1) is 17.3 Å². The number of ketones is 2. The molecule has 43 heavy (non-hydrogen) atoms. The van der Waals surface area contributed by atoms with E-state index in [-0.39, 0.29) is 36.3 Å². The quantitative estimate of drug-likeness (QED) is 0.310. The van der Waals surface area contributed by atoms with Crippen LogP contribution in [-0.2, 0) is 27.3 Å². The smallest absolute Gasteiger partial charge is 0.260 e. The molecule has 0 saturated heterocycles. The van der Waals surface area contributed by atoms with E-state index in [1.165, 1.54) is 19.0 Å². The van der Waals surface area contributed by atoms with Crippen LogP contribution in [0.4, 0.5) is 11.4 Å². The van der Waals surface area contributed by atoms with Gasteiger partial charge in [0.1, 0.15) is 22.8 Å². The number of fused-ring (bicyclic) bond motifs is 3. The molecule has 1 fully saturated rings. The number of nitrogens with zero attached hydrogens (tertiary/aromatic N) is 4. The molecule has 1 heterocycles. The van der Waals surface area contributed by atoms with Crippen LogP contribution in [0.2, 0.25) is 0 Å². The highest BCUT2D eigenvalue weighted by Crippen LogP contribution is 2.54. The normalized spacial score (nSPS) is 24.9. The number of phenolic OH excluding ortho intramolecular Hbond substituents is 1. The third-order valence-corrected chi connectivity index (χ3v) is 8.78. The Labute approximate surface area is 249 Å². The van der Waals surface area contributed by atoms with E-state index >= 15 is 0 Å². The highest BCUT2D eigenvalue weighted by molar-refractivity contribution is 6.24. The molecule has 3 aliphatic rings. The van der Waals surface area contributed by atoms with Crippen LogP contribution >= 0.6 is 0 Å². The summed E-state index contributed by atoms with van der Waals surface area (Å²) in [6.45, 7) is 0.184. The number of nitrogens with one attached hydrogen (secondary N) is 1. The SMILES string of the molecule is CN(C)C(=O)C1=C(O)[C@@]2(O)C(=O)C3=C(O)c4c(O)c(CNc5cccnc5)cc(N(C)C)c4C[C@H]3C[C@H]2C(N(C)C)C1=O. The predicted octanol–water partition coefficient (Wildman–Crippen LogP) is 1.64. The van der Waals surface area contributed by atoms with E-state index in [9.17, 15) is 34.8 Å². The minimum Gasteiger partial charge on any atom is -0.508 e. The molecule has 0 radical (unpaired) electrons. The Morgan fingerprint density at radius 2 is 1.81 bits per heavy atom. The Bertz CT molecular complexity index is 1580. The van der Waals surface area contributed by atoms with Crippen LogP contribution in [0, 0.1) is 11.8 Å². The Balaban J connectivity index is 1.68. The van der Waals surface area contributed by atoms with E-state index in [0.717, 1.165) is 16.3 Å². The van der Waals surface area contributed by atoms with Crippen molar-refractivity contribution in [2.75, 3.05) is 52.5 Å². The summed E-state index contributed by atoms with van der Waals surface area (Å²) in [6.07, 6.45) is 3.56. The van der Waals surface area contributed by atoms with Crippen LogP contribution in [0.25, 0.3) is 5.76 Å². The summed E-state index contributed by atoms with van der Waals surface area (Å²) < 4.78 is 0. The number of rotatable bonds is 6. The number of benzene rings is 1. The second-order valence-electron chi connectivity index (χ2n) is 12.0. The molecule has 0 bridgehead atoms. The lowest BCUT2D eigenvalue weighted by atomic mass is 9.57. The van der Waals surface area contributed by atoms with Crippen molar-refractivity contribution in [1.29, 1.82) is 0 Å². The van der Waals surface area contributed by atoms with Crippen LogP contribution in [0.5, 0.6) is 5.75 Å². The number of anilines is 2. The lowest BCUT2D eigenvalue weighted by molar-refractivity contribution is -0.154. The molecule has 12 nitrogen and oxygen atoms in total. The van der Waals surface area contributed by atoms with Gasteiger partial charge >= 0.3 is 0 Å². The zero-order valence-corrected chi connectivity index (χ0v) is 25.0. The van der Waals surface area contributed by atoms with Gasteiger partial charge in [-0.15, -0.1) is 0 Å². The summed E-state index contributed by atoms with van der Waals surface area (Å²) in [4.78, 5) is 49.4. The fourth-order valence-corrected chi connectivity index (χ4v) is 6.74. The number of likely N-dealkylation sites (N-methyl/N-ethyl adjacent to an activating group) is 2. The second kappa shape index (κ2) is 10.7. The summed E-state index contributed by atoms with van der Waals surface area (Å²) in [5, 5.41) is 49.6. The number of hydrogen-bond acceptors (Lipinski definition) is 11. The maximum absolute atomic E-state index is 14.3. The maximum Gasteiger partial charge on any atom is 0.260 e. The van der Waals surface area contributed by atoms with Crippen LogP contribution in [0.3, 0.4) is 0 Å². The number of aliphatic hydroxyl groups is 3. The van der Waals surface area contributed by atoms with Crippen LogP contribution in [-0.4, -0.2) is 107 Å². The first-order valence-electron chi connectivity index (χ1n) is 14.0. The molecular weight excluding hydrogens is 554 g/mol. The predicted molar refractivity (Wildman–Crippen MR) is 160 cm³/mol. The molecule has 12 heteroatoms. The number of aliphatic hydroxyl groups excluding tert-OH is 2. The molecule has 0 spiro atoms. The number of pyridine rings is 1. The first kappa shape index (κ1) is 30.1. The Hall–Kier alpha value is -4.42. The monoisotopic (exact) mass is 591 g/mol. The average molecular weight is 592 g/mol. The Kier molecular flexibility index (Phi) is 7.47. The van der Waals surface area contributed by atoms with E-state index in [4.69, 9.17) is 0 Å². The Morgan fingerprint density at radius 1 is 1.12 bits per heavy atom. The molecule has 1 unspecified atom stereocenters. The molecule has 5 N–H and O–H groups in total. The number of aromatic nitrogens is 1. The topological polar surface area (TPSA) is 167 Å². The van der Waals surface area contributed by atoms with Crippen LogP contribution in [0.1, 0.15) is 23.1 Å². The Morgan fingerprint density at radius 3 is 2.40 bits per heavy atom. The average Bonchev–Trinajstić information content (AvgIpc) is 2.94. The first-order chi connectivity index (χ1) is 20.2. The summed E-state index contributed by atoms with van der Waals surface area (Å²) in [7, 11) is 9.67. The highest BCUT2D eigenvalue weighted by atomic mass is 16.3. The second-order valence-corrected chi connectivity index (χ2v) is 12.0. The molecule has 1 saturated carbocycles. The lowest BCUT2D eigenvalue weighted by Crippen LogP contribution is -2.65. The molecule has 3 aliphatic carbocycles. The molecule has 228 valence electrons. The van der Waals surface area contributed by atoms with Gasteiger partial charge in [-0.25, -0.2) is 0 Å². The third kappa shape index (κ3) is 4.52. The van der Waals surface area contributed by atoms with Crippen molar-refractivity contribution < 1.29 is 34.8 Å². The molecular formula is C31H37N5O7. The fraction of sp³-hybridized carbons (Fsp3) is 0.419. The van der Waals surface area contributed by atoms with Crippen molar-refractivity contribution in [1.82, 2.24) is 14.8 Å². The number of amides is 1. The van der Waals surface area contributed by atoms with E-state index in [1.54, 1.807) is 32.6 Å². The van der Waals surface area contributed by atoms with Gasteiger partial charge < -0.3 is 35.5 Å². The van der Waals surface area contributed by atoms with Gasteiger partial charge in [0, 0.05) is 69.9 Å². The minimum atomic E-state index is -2.64. The lowest BCUT2D eigenvalue weighted by Gasteiger charge is -2.50. The van der Waals surface area contributed by atoms with Gasteiger partial charge in [0.2, 0.25) is 5.78 Å². The summed E-state index contributed by atoms with van der Waals surface area (Å²) in [5.41, 5.74) is -0.873. The molecule has 1 amide bonds. The molecule has 1 aromatic carbocycles. The van der Waals surface area contributed by atoms with Gasteiger partial charge in [0.25, 0.3) is 5.91 Å². The standard InChI is InChI=1S/C31H37N5O7/c1-34(2)20-12-16(13-33-17-8-7-9-32-14-17)25(37)22-18(20)10-15-11-19-24(35(3)4)27(39)23(30(42)36(5)6)29(41)31(19,43)28(40)21(15)26(22)38/h7-9,12,14-15,19,24,33,37-38,41,43H,10-11,13H2,1-6H3/t15-,19-,24?,31-/m0/s1. The van der Waals surface area contributed by atoms with Crippen molar-refractivity contribution in [3.8, 4) is 5.75 Å².